The van der Waals surface area contributed by atoms with Gasteiger partial charge in [0.1, 0.15) is 40.5 Å². The van der Waals surface area contributed by atoms with Gasteiger partial charge in [-0.15, -0.1) is 22.0 Å². The summed E-state index contributed by atoms with van der Waals surface area (Å²) in [5, 5.41) is 28.1. The molecule has 0 radical (unpaired) electrons. The fourth-order valence-corrected chi connectivity index (χ4v) is 8.44. The number of nitrogens with two attached hydrogens (primary N) is 1. The Balaban J connectivity index is 1.11. The molecule has 4 aliphatic rings. The molecule has 0 aliphatic carbocycles. The first-order valence-electron chi connectivity index (χ1n) is 14.3. The van der Waals surface area contributed by atoms with Crippen molar-refractivity contribution < 1.29 is 38.2 Å². The molecule has 48 heavy (non-hydrogen) atoms. The number of amides is 6. The zero-order valence-corrected chi connectivity index (χ0v) is 27.0. The molecule has 6 amide bonds. The van der Waals surface area contributed by atoms with Gasteiger partial charge in [0, 0.05) is 22.5 Å². The zero-order chi connectivity index (χ0) is 33.6. The summed E-state index contributed by atoms with van der Waals surface area (Å²) in [6.07, 6.45) is 4.49. The van der Waals surface area contributed by atoms with Gasteiger partial charge in [0.2, 0.25) is 0 Å². The highest BCUT2D eigenvalue weighted by Crippen LogP contribution is 2.42. The summed E-state index contributed by atoms with van der Waals surface area (Å²) in [6.45, 7) is 0.243. The topological polar surface area (TPSA) is 226 Å². The molecule has 2 fully saturated rings. The predicted molar refractivity (Wildman–Crippen MR) is 172 cm³/mol. The van der Waals surface area contributed by atoms with Crippen LogP contribution in [0.3, 0.4) is 0 Å². The van der Waals surface area contributed by atoms with E-state index in [0.29, 0.717) is 26.6 Å². The maximum Gasteiger partial charge on any atom is 0.352 e. The number of nitrogens with one attached hydrogen (secondary N) is 2. The van der Waals surface area contributed by atoms with Crippen molar-refractivity contribution in [2.24, 2.45) is 10.8 Å². The van der Waals surface area contributed by atoms with Crippen LogP contribution in [0.15, 0.2) is 73.5 Å². The number of hydrogen-bond acceptors (Lipinski definition) is 14. The number of carboxylic acid groups (broad SMARTS) is 1. The van der Waals surface area contributed by atoms with Crippen LogP contribution in [-0.4, -0.2) is 108 Å². The highest BCUT2D eigenvalue weighted by Gasteiger charge is 2.56. The quantitative estimate of drug-likeness (QED) is 0.140. The van der Waals surface area contributed by atoms with Crippen LogP contribution in [0.5, 0.6) is 0 Å². The molecule has 17 nitrogen and oxygen atoms in total. The Morgan fingerprint density at radius 3 is 2.83 bits per heavy atom. The summed E-state index contributed by atoms with van der Waals surface area (Å²) >= 11 is 3.92. The maximum absolute atomic E-state index is 14.0. The second kappa shape index (κ2) is 12.6. The van der Waals surface area contributed by atoms with Crippen LogP contribution < -0.4 is 16.4 Å². The Hall–Kier alpha value is -4.92. The van der Waals surface area contributed by atoms with Gasteiger partial charge in [-0.25, -0.2) is 24.3 Å². The molecule has 0 saturated carbocycles. The molecule has 5 N–H and O–H groups in total. The van der Waals surface area contributed by atoms with E-state index in [4.69, 9.17) is 14.9 Å². The standard InChI is InChI=1S/C28H25N9O8S3/c29-28(16-1-2-18-14(9-16)3-8-45-18,32-25(42)35-5-6-36(27(35)43)34-17-4-7-44-10-17)24(41)31-19-21(38)37-20(23(39)40)15(11-46-22(19)37)12-47-26-33-30-13-48-26/h1-4,7-9,13,19,22H,5-6,10-12,29H2,(H,31,41)(H,32,42)(H,39,40)/t19?,22-,28?/m0/s1. The molecule has 3 aromatic rings. The number of fused-ring (bicyclic) bond motifs is 2. The minimum absolute atomic E-state index is 0.0384. The van der Waals surface area contributed by atoms with Gasteiger partial charge in [-0.1, -0.05) is 29.2 Å². The lowest BCUT2D eigenvalue weighted by Crippen LogP contribution is -2.74. The number of carbonyl (C=O) groups excluding carboxylic acids is 4. The van der Waals surface area contributed by atoms with E-state index in [1.54, 1.807) is 29.8 Å². The number of benzene rings is 1. The summed E-state index contributed by atoms with van der Waals surface area (Å²) in [7, 11) is 0. The minimum atomic E-state index is -2.28. The van der Waals surface area contributed by atoms with Crippen LogP contribution in [0.4, 0.5) is 9.59 Å². The Bertz CT molecular complexity index is 1930. The van der Waals surface area contributed by atoms with Crippen molar-refractivity contribution in [1.82, 2.24) is 35.6 Å². The third-order valence-corrected chi connectivity index (χ3v) is 11.2. The number of urea groups is 2. The summed E-state index contributed by atoms with van der Waals surface area (Å²) in [5.74, 6) is -2.30. The summed E-state index contributed by atoms with van der Waals surface area (Å²) in [4.78, 5) is 68.4. The molecule has 1 aromatic carbocycles. The fraction of sp³-hybridized carbons (Fsp3) is 0.286. The molecule has 248 valence electrons. The lowest BCUT2D eigenvalue weighted by atomic mass is 9.96. The Labute approximate surface area is 283 Å². The van der Waals surface area contributed by atoms with E-state index in [9.17, 15) is 29.1 Å². The van der Waals surface area contributed by atoms with Gasteiger partial charge in [0.05, 0.1) is 25.6 Å². The van der Waals surface area contributed by atoms with Crippen LogP contribution in [0.1, 0.15) is 5.56 Å². The Kier molecular flexibility index (Phi) is 8.31. The highest BCUT2D eigenvalue weighted by atomic mass is 32.2. The van der Waals surface area contributed by atoms with Crippen molar-refractivity contribution in [3.05, 3.63) is 65.2 Å². The molecule has 7 rings (SSSR count). The van der Waals surface area contributed by atoms with Gasteiger partial charge >= 0.3 is 18.0 Å². The second-order valence-electron chi connectivity index (χ2n) is 10.8. The van der Waals surface area contributed by atoms with E-state index in [0.717, 1.165) is 14.8 Å². The normalized spacial score (nSPS) is 22.5. The number of imide groups is 1. The van der Waals surface area contributed by atoms with Gasteiger partial charge in [0.25, 0.3) is 11.8 Å². The first-order chi connectivity index (χ1) is 23.1. The molecule has 3 atom stereocenters. The number of ether oxygens (including phenoxy) is 1. The lowest BCUT2D eigenvalue weighted by Gasteiger charge is -2.50. The van der Waals surface area contributed by atoms with Crippen LogP contribution >= 0.6 is 34.9 Å². The Morgan fingerprint density at radius 2 is 2.08 bits per heavy atom. The molecule has 20 heteroatoms. The molecular formula is C28H25N9O8S3. The number of β-lactam (4-membered cyclic amide) rings is 1. The lowest BCUT2D eigenvalue weighted by molar-refractivity contribution is -0.151. The number of hydrazone groups is 1. The van der Waals surface area contributed by atoms with E-state index in [2.05, 4.69) is 25.9 Å². The summed E-state index contributed by atoms with van der Waals surface area (Å²) < 4.78 is 11.2. The summed E-state index contributed by atoms with van der Waals surface area (Å²) in [5.41, 5.74) is 7.50. The van der Waals surface area contributed by atoms with Gasteiger partial charge in [-0.2, -0.15) is 5.10 Å². The van der Waals surface area contributed by atoms with Gasteiger partial charge in [-0.3, -0.25) is 20.2 Å². The van der Waals surface area contributed by atoms with Crippen LogP contribution in [-0.2, 0) is 24.8 Å². The second-order valence-corrected chi connectivity index (χ2v) is 13.9. The van der Waals surface area contributed by atoms with Crippen molar-refractivity contribution in [2.75, 3.05) is 31.2 Å². The van der Waals surface area contributed by atoms with E-state index in [1.807, 2.05) is 0 Å². The number of thioether (sulfide) groups is 2. The number of nitrogens with zero attached hydrogens (tertiary/aromatic N) is 6. The number of rotatable bonds is 9. The first kappa shape index (κ1) is 31.7. The molecule has 2 saturated heterocycles. The fourth-order valence-electron chi connectivity index (χ4n) is 5.46. The smallest absolute Gasteiger partial charge is 0.352 e. The largest absolute Gasteiger partial charge is 0.495 e. The van der Waals surface area contributed by atoms with Crippen molar-refractivity contribution in [2.45, 2.75) is 21.4 Å². The highest BCUT2D eigenvalue weighted by molar-refractivity contribution is 8.01. The molecule has 0 bridgehead atoms. The minimum Gasteiger partial charge on any atom is -0.495 e. The monoisotopic (exact) mass is 711 g/mol. The predicted octanol–water partition coefficient (Wildman–Crippen LogP) is 1.27. The van der Waals surface area contributed by atoms with Crippen molar-refractivity contribution in [1.29, 1.82) is 0 Å². The van der Waals surface area contributed by atoms with E-state index in [-0.39, 0.29) is 42.5 Å². The molecule has 0 spiro atoms. The Morgan fingerprint density at radius 1 is 1.23 bits per heavy atom. The van der Waals surface area contributed by atoms with Crippen LogP contribution in [0, 0.1) is 0 Å². The van der Waals surface area contributed by atoms with E-state index < -0.39 is 46.9 Å². The average Bonchev–Trinajstić information content (AvgIpc) is 3.91. The number of aliphatic carboxylic acids is 1. The van der Waals surface area contributed by atoms with E-state index >= 15 is 0 Å². The maximum atomic E-state index is 14.0. The number of hydrogen-bond donors (Lipinski definition) is 4. The first-order valence-corrected chi connectivity index (χ1v) is 17.2. The van der Waals surface area contributed by atoms with Crippen LogP contribution in [0.2, 0.25) is 0 Å². The number of carbonyl (C=O) groups is 5. The van der Waals surface area contributed by atoms with Crippen LogP contribution in [0.25, 0.3) is 11.0 Å². The van der Waals surface area contributed by atoms with Gasteiger partial charge in [0.15, 0.2) is 10.0 Å². The molecule has 2 unspecified atom stereocenters. The van der Waals surface area contributed by atoms with Crippen molar-refractivity contribution in [3.63, 3.8) is 0 Å². The SMILES string of the molecule is NC(NC(=O)N1CCN(N=C2C=COC2)C1=O)(C(=O)NC1C(=O)N2C(C(=O)O)=C(CSc3nncs3)CS[C@@H]12)c1ccc2occc2c1. The molecule has 2 aromatic heterocycles. The third kappa shape index (κ3) is 5.65. The zero-order valence-electron chi connectivity index (χ0n) is 24.6. The molecule has 4 aliphatic heterocycles. The third-order valence-electron chi connectivity index (χ3n) is 7.89. The number of carboxylic acids is 1. The van der Waals surface area contributed by atoms with Crippen molar-refractivity contribution >= 4 is 81.4 Å². The summed E-state index contributed by atoms with van der Waals surface area (Å²) in [6, 6.07) is 3.41. The average molecular weight is 712 g/mol. The van der Waals surface area contributed by atoms with Crippen molar-refractivity contribution in [3.8, 4) is 0 Å². The van der Waals surface area contributed by atoms with Gasteiger partial charge < -0.3 is 24.9 Å². The number of furan rings is 1. The van der Waals surface area contributed by atoms with E-state index in [1.165, 1.54) is 53.5 Å². The molecular weight excluding hydrogens is 687 g/mol. The molecule has 6 heterocycles. The number of aromatic nitrogens is 2. The van der Waals surface area contributed by atoms with Gasteiger partial charge in [-0.05, 0) is 29.8 Å².